The monoisotopic (exact) mass is 245 g/mol. The summed E-state index contributed by atoms with van der Waals surface area (Å²) < 4.78 is 0. The maximum Gasteiger partial charge on any atom is 0.326 e. The lowest BCUT2D eigenvalue weighted by molar-refractivity contribution is -0.139. The first kappa shape index (κ1) is 15.2. The number of nitrogens with one attached hydrogen (secondary N) is 2. The van der Waals surface area contributed by atoms with Gasteiger partial charge in [-0.25, -0.2) is 9.59 Å². The van der Waals surface area contributed by atoms with Crippen LogP contribution in [0.15, 0.2) is 0 Å². The van der Waals surface area contributed by atoms with Crippen LogP contribution >= 0.6 is 0 Å². The van der Waals surface area contributed by atoms with Crippen LogP contribution in [0.25, 0.3) is 0 Å². The molecule has 0 heterocycles. The van der Waals surface area contributed by atoms with Gasteiger partial charge >= 0.3 is 12.0 Å². The smallest absolute Gasteiger partial charge is 0.326 e. The molecule has 0 radical (unpaired) electrons. The number of nitrogens with zero attached hydrogens (tertiary/aromatic N) is 1. The van der Waals surface area contributed by atoms with Crippen molar-refractivity contribution < 1.29 is 19.5 Å². The molecule has 0 fully saturated rings. The molecule has 0 aliphatic carbocycles. The molecular formula is C10H19N3O4. The summed E-state index contributed by atoms with van der Waals surface area (Å²) in [7, 11) is 2.89. The Kier molecular flexibility index (Phi) is 6.69. The molecule has 98 valence electrons. The fourth-order valence-corrected chi connectivity index (χ4v) is 1.17. The van der Waals surface area contributed by atoms with Gasteiger partial charge in [-0.05, 0) is 6.42 Å². The molecule has 3 amide bonds. The van der Waals surface area contributed by atoms with Crippen LogP contribution in [0.3, 0.4) is 0 Å². The zero-order valence-electron chi connectivity index (χ0n) is 10.3. The summed E-state index contributed by atoms with van der Waals surface area (Å²) in [5.41, 5.74) is 0. The van der Waals surface area contributed by atoms with E-state index in [0.717, 1.165) is 4.90 Å². The molecule has 0 saturated heterocycles. The number of rotatable bonds is 6. The summed E-state index contributed by atoms with van der Waals surface area (Å²) >= 11 is 0. The third kappa shape index (κ3) is 5.74. The molecule has 0 aromatic heterocycles. The average Bonchev–Trinajstić information content (AvgIpc) is 2.27. The number of urea groups is 1. The van der Waals surface area contributed by atoms with Crippen molar-refractivity contribution in [3.63, 3.8) is 0 Å². The van der Waals surface area contributed by atoms with Gasteiger partial charge in [0.25, 0.3) is 0 Å². The standard InChI is InChI=1S/C10H19N3O4/c1-4-5-7(9(15)16)12-10(17)13(3)6-8(14)11-2/h7H,4-6H2,1-3H3,(H,11,14)(H,12,17)(H,15,16)/t7-/m0/s1. The highest BCUT2D eigenvalue weighted by Gasteiger charge is 2.21. The lowest BCUT2D eigenvalue weighted by Crippen LogP contribution is -2.48. The number of carboxylic acids is 1. The number of likely N-dealkylation sites (N-methyl/N-ethyl adjacent to an activating group) is 2. The highest BCUT2D eigenvalue weighted by Crippen LogP contribution is 1.98. The maximum atomic E-state index is 11.6. The van der Waals surface area contributed by atoms with Crippen molar-refractivity contribution in [2.45, 2.75) is 25.8 Å². The highest BCUT2D eigenvalue weighted by molar-refractivity contribution is 5.86. The van der Waals surface area contributed by atoms with E-state index in [4.69, 9.17) is 5.11 Å². The van der Waals surface area contributed by atoms with Crippen LogP contribution in [-0.2, 0) is 9.59 Å². The normalized spacial score (nSPS) is 11.5. The third-order valence-corrected chi connectivity index (χ3v) is 2.18. The van der Waals surface area contributed by atoms with Gasteiger partial charge in [-0.1, -0.05) is 13.3 Å². The Labute approximate surface area is 100 Å². The fourth-order valence-electron chi connectivity index (χ4n) is 1.17. The van der Waals surface area contributed by atoms with Crippen LogP contribution in [0.4, 0.5) is 4.79 Å². The molecule has 0 bridgehead atoms. The average molecular weight is 245 g/mol. The van der Waals surface area contributed by atoms with E-state index in [1.807, 2.05) is 6.92 Å². The van der Waals surface area contributed by atoms with Gasteiger partial charge in [-0.15, -0.1) is 0 Å². The van der Waals surface area contributed by atoms with E-state index in [2.05, 4.69) is 10.6 Å². The molecule has 0 unspecified atom stereocenters. The van der Waals surface area contributed by atoms with Crippen molar-refractivity contribution in [3.8, 4) is 0 Å². The van der Waals surface area contributed by atoms with Gasteiger partial charge in [0.15, 0.2) is 0 Å². The van der Waals surface area contributed by atoms with Crippen molar-refractivity contribution in [1.29, 1.82) is 0 Å². The first-order valence-electron chi connectivity index (χ1n) is 5.37. The molecule has 1 atom stereocenters. The molecule has 0 saturated carbocycles. The Balaban J connectivity index is 4.30. The largest absolute Gasteiger partial charge is 0.480 e. The predicted octanol–water partition coefficient (Wildman–Crippen LogP) is -0.373. The maximum absolute atomic E-state index is 11.6. The van der Waals surface area contributed by atoms with Gasteiger partial charge in [-0.2, -0.15) is 0 Å². The lowest BCUT2D eigenvalue weighted by atomic mass is 10.2. The van der Waals surface area contributed by atoms with E-state index in [1.54, 1.807) is 0 Å². The zero-order chi connectivity index (χ0) is 13.4. The molecular weight excluding hydrogens is 226 g/mol. The first-order chi connectivity index (χ1) is 7.92. The van der Waals surface area contributed by atoms with E-state index in [1.165, 1.54) is 14.1 Å². The van der Waals surface area contributed by atoms with E-state index in [0.29, 0.717) is 12.8 Å². The van der Waals surface area contributed by atoms with E-state index < -0.39 is 18.0 Å². The summed E-state index contributed by atoms with van der Waals surface area (Å²) in [6.45, 7) is 1.72. The van der Waals surface area contributed by atoms with Crippen molar-refractivity contribution >= 4 is 17.9 Å². The second-order valence-corrected chi connectivity index (χ2v) is 3.66. The second-order valence-electron chi connectivity index (χ2n) is 3.66. The summed E-state index contributed by atoms with van der Waals surface area (Å²) in [5, 5.41) is 13.6. The molecule has 0 aromatic rings. The molecule has 3 N–H and O–H groups in total. The van der Waals surface area contributed by atoms with E-state index >= 15 is 0 Å². The Bertz CT molecular complexity index is 293. The van der Waals surface area contributed by atoms with Crippen LogP contribution in [-0.4, -0.2) is 54.6 Å². The van der Waals surface area contributed by atoms with Gasteiger partial charge < -0.3 is 20.6 Å². The third-order valence-electron chi connectivity index (χ3n) is 2.18. The van der Waals surface area contributed by atoms with E-state index in [9.17, 15) is 14.4 Å². The predicted molar refractivity (Wildman–Crippen MR) is 61.6 cm³/mol. The molecule has 0 rings (SSSR count). The Morgan fingerprint density at radius 1 is 1.35 bits per heavy atom. The van der Waals surface area contributed by atoms with Crippen LogP contribution < -0.4 is 10.6 Å². The number of aliphatic carboxylic acids is 1. The van der Waals surface area contributed by atoms with Gasteiger partial charge in [-0.3, -0.25) is 4.79 Å². The highest BCUT2D eigenvalue weighted by atomic mass is 16.4. The van der Waals surface area contributed by atoms with Crippen LogP contribution in [0.5, 0.6) is 0 Å². The minimum Gasteiger partial charge on any atom is -0.480 e. The van der Waals surface area contributed by atoms with E-state index in [-0.39, 0.29) is 12.5 Å². The van der Waals surface area contributed by atoms with Crippen molar-refractivity contribution in [2.24, 2.45) is 0 Å². The zero-order valence-corrected chi connectivity index (χ0v) is 10.3. The number of hydrogen-bond acceptors (Lipinski definition) is 3. The van der Waals surface area contributed by atoms with Gasteiger partial charge in [0.2, 0.25) is 5.91 Å². The quantitative estimate of drug-likeness (QED) is 0.594. The number of amides is 3. The molecule has 7 heteroatoms. The summed E-state index contributed by atoms with van der Waals surface area (Å²) in [6, 6.07) is -1.49. The number of carbonyl (C=O) groups excluding carboxylic acids is 2. The second kappa shape index (κ2) is 7.48. The number of carboxylic acid groups (broad SMARTS) is 1. The molecule has 0 aromatic carbocycles. The molecule has 0 aliphatic rings. The van der Waals surface area contributed by atoms with Crippen molar-refractivity contribution in [2.75, 3.05) is 20.6 Å². The molecule has 17 heavy (non-hydrogen) atoms. The summed E-state index contributed by atoms with van der Waals surface area (Å²) in [4.78, 5) is 34.5. The Hall–Kier alpha value is -1.79. The molecule has 7 nitrogen and oxygen atoms in total. The van der Waals surface area contributed by atoms with Gasteiger partial charge in [0.05, 0.1) is 0 Å². The Morgan fingerprint density at radius 2 is 1.94 bits per heavy atom. The Morgan fingerprint density at radius 3 is 2.35 bits per heavy atom. The minimum absolute atomic E-state index is 0.110. The summed E-state index contributed by atoms with van der Waals surface area (Å²) in [5.74, 6) is -1.39. The first-order valence-corrected chi connectivity index (χ1v) is 5.37. The fraction of sp³-hybridized carbons (Fsp3) is 0.700. The van der Waals surface area contributed by atoms with Crippen molar-refractivity contribution in [3.05, 3.63) is 0 Å². The van der Waals surface area contributed by atoms with Crippen LogP contribution in [0.1, 0.15) is 19.8 Å². The van der Waals surface area contributed by atoms with Crippen LogP contribution in [0.2, 0.25) is 0 Å². The van der Waals surface area contributed by atoms with Gasteiger partial charge in [0.1, 0.15) is 12.6 Å². The topological polar surface area (TPSA) is 98.7 Å². The minimum atomic E-state index is -1.08. The number of carbonyl (C=O) groups is 3. The molecule has 0 spiro atoms. The SMILES string of the molecule is CCC[C@H](NC(=O)N(C)CC(=O)NC)C(=O)O. The van der Waals surface area contributed by atoms with Gasteiger partial charge in [0, 0.05) is 14.1 Å². The van der Waals surface area contributed by atoms with Crippen molar-refractivity contribution in [1.82, 2.24) is 15.5 Å². The van der Waals surface area contributed by atoms with Crippen LogP contribution in [0, 0.1) is 0 Å². The summed E-state index contributed by atoms with van der Waals surface area (Å²) in [6.07, 6.45) is 1.01. The molecule has 0 aliphatic heterocycles. The lowest BCUT2D eigenvalue weighted by Gasteiger charge is -2.20. The number of hydrogen-bond donors (Lipinski definition) is 3.